The molecule has 0 spiro atoms. The fraction of sp³-hybridized carbons (Fsp3) is 0.375. The number of carbonyl (C=O) groups excluding carboxylic acids is 1. The van der Waals surface area contributed by atoms with Gasteiger partial charge in [0.2, 0.25) is 0 Å². The summed E-state index contributed by atoms with van der Waals surface area (Å²) in [6, 6.07) is 7.26. The Morgan fingerprint density at radius 2 is 1.95 bits per heavy atom. The zero-order valence-corrected chi connectivity index (χ0v) is 12.6. The first-order chi connectivity index (χ1) is 10.0. The van der Waals surface area contributed by atoms with E-state index in [-0.39, 0.29) is 17.5 Å². The van der Waals surface area contributed by atoms with Crippen molar-refractivity contribution in [1.82, 2.24) is 9.13 Å². The Morgan fingerprint density at radius 3 is 2.57 bits per heavy atom. The van der Waals surface area contributed by atoms with Crippen molar-refractivity contribution >= 4 is 5.78 Å². The third-order valence-corrected chi connectivity index (χ3v) is 3.29. The summed E-state index contributed by atoms with van der Waals surface area (Å²) in [5.74, 6) is 0.523. The molecule has 0 bridgehead atoms. The van der Waals surface area contributed by atoms with Crippen LogP contribution in [0.4, 0.5) is 0 Å². The third kappa shape index (κ3) is 3.42. The van der Waals surface area contributed by atoms with E-state index >= 15 is 0 Å². The molecule has 0 saturated carbocycles. The number of benzene rings is 1. The summed E-state index contributed by atoms with van der Waals surface area (Å²) in [7, 11) is 0. The topological polar surface area (TPSA) is 53.2 Å². The van der Waals surface area contributed by atoms with Crippen LogP contribution in [0, 0.1) is 0 Å². The predicted octanol–water partition coefficient (Wildman–Crippen LogP) is 2.51. The van der Waals surface area contributed by atoms with E-state index < -0.39 is 0 Å². The molecule has 5 heteroatoms. The zero-order chi connectivity index (χ0) is 15.4. The van der Waals surface area contributed by atoms with Gasteiger partial charge < -0.3 is 4.74 Å². The highest BCUT2D eigenvalue weighted by Gasteiger charge is 2.09. The number of ketones is 1. The van der Waals surface area contributed by atoms with Crippen LogP contribution in [-0.4, -0.2) is 21.5 Å². The highest BCUT2D eigenvalue weighted by Crippen LogP contribution is 2.18. The molecule has 0 amide bonds. The molecule has 0 N–H and O–H groups in total. The van der Waals surface area contributed by atoms with Gasteiger partial charge in [0.15, 0.2) is 5.78 Å². The van der Waals surface area contributed by atoms with Crippen molar-refractivity contribution in [3.05, 3.63) is 52.7 Å². The molecule has 0 saturated heterocycles. The van der Waals surface area contributed by atoms with Crippen molar-refractivity contribution < 1.29 is 9.53 Å². The van der Waals surface area contributed by atoms with Gasteiger partial charge >= 0.3 is 5.69 Å². The van der Waals surface area contributed by atoms with E-state index in [1.165, 1.54) is 6.92 Å². The highest BCUT2D eigenvalue weighted by molar-refractivity contribution is 5.96. The van der Waals surface area contributed by atoms with Gasteiger partial charge in [-0.3, -0.25) is 13.9 Å². The summed E-state index contributed by atoms with van der Waals surface area (Å²) in [5.41, 5.74) is 0.512. The van der Waals surface area contributed by atoms with Gasteiger partial charge in [0.05, 0.1) is 12.1 Å². The van der Waals surface area contributed by atoms with E-state index in [1.54, 1.807) is 39.7 Å². The Morgan fingerprint density at radius 1 is 1.24 bits per heavy atom. The average Bonchev–Trinajstić information content (AvgIpc) is 2.81. The Kier molecular flexibility index (Phi) is 4.62. The van der Waals surface area contributed by atoms with Crippen LogP contribution in [0.3, 0.4) is 0 Å². The largest absolute Gasteiger partial charge is 0.491 e. The summed E-state index contributed by atoms with van der Waals surface area (Å²) < 4.78 is 8.91. The van der Waals surface area contributed by atoms with Crippen LogP contribution >= 0.6 is 0 Å². The number of rotatable bonds is 6. The molecule has 0 atom stereocenters. The fourth-order valence-corrected chi connectivity index (χ4v) is 2.13. The Bertz CT molecular complexity index is 683. The van der Waals surface area contributed by atoms with Crippen molar-refractivity contribution in [2.24, 2.45) is 0 Å². The van der Waals surface area contributed by atoms with Crippen LogP contribution in [0.15, 0.2) is 41.5 Å². The van der Waals surface area contributed by atoms with Gasteiger partial charge in [0.1, 0.15) is 12.4 Å². The minimum Gasteiger partial charge on any atom is -0.491 e. The summed E-state index contributed by atoms with van der Waals surface area (Å²) >= 11 is 0. The third-order valence-electron chi connectivity index (χ3n) is 3.29. The highest BCUT2D eigenvalue weighted by atomic mass is 16.5. The Balaban J connectivity index is 2.03. The smallest absolute Gasteiger partial charge is 0.328 e. The molecular weight excluding hydrogens is 268 g/mol. The van der Waals surface area contributed by atoms with Crippen LogP contribution < -0.4 is 10.4 Å². The van der Waals surface area contributed by atoms with E-state index in [1.807, 2.05) is 19.9 Å². The molecule has 0 unspecified atom stereocenters. The number of aromatic nitrogens is 2. The lowest BCUT2D eigenvalue weighted by atomic mass is 10.1. The maximum absolute atomic E-state index is 12.0. The van der Waals surface area contributed by atoms with Crippen molar-refractivity contribution in [1.29, 1.82) is 0 Å². The number of hydrogen-bond donors (Lipinski definition) is 0. The number of hydrogen-bond acceptors (Lipinski definition) is 3. The van der Waals surface area contributed by atoms with Crippen LogP contribution in [0.1, 0.15) is 37.2 Å². The molecule has 0 aliphatic rings. The summed E-state index contributed by atoms with van der Waals surface area (Å²) in [4.78, 5) is 23.5. The molecule has 0 radical (unpaired) electrons. The molecule has 21 heavy (non-hydrogen) atoms. The molecule has 1 aromatic heterocycles. The fourth-order valence-electron chi connectivity index (χ4n) is 2.13. The summed E-state index contributed by atoms with van der Waals surface area (Å²) in [5, 5.41) is 0. The quantitative estimate of drug-likeness (QED) is 0.767. The number of para-hydroxylation sites is 1. The number of nitrogens with zero attached hydrogens (tertiary/aromatic N) is 2. The number of Topliss-reactive ketones (excluding diaryl/α,β-unsaturated/α-hetero) is 1. The molecule has 2 rings (SSSR count). The molecule has 0 aliphatic carbocycles. The predicted molar refractivity (Wildman–Crippen MR) is 81.0 cm³/mol. The van der Waals surface area contributed by atoms with E-state index in [4.69, 9.17) is 4.74 Å². The van der Waals surface area contributed by atoms with E-state index in [9.17, 15) is 9.59 Å². The molecule has 112 valence electrons. The van der Waals surface area contributed by atoms with Gasteiger partial charge in [0.25, 0.3) is 0 Å². The maximum Gasteiger partial charge on any atom is 0.328 e. The van der Waals surface area contributed by atoms with Crippen molar-refractivity contribution in [2.75, 3.05) is 6.61 Å². The van der Waals surface area contributed by atoms with Gasteiger partial charge in [0, 0.05) is 18.4 Å². The molecule has 0 aliphatic heterocycles. The van der Waals surface area contributed by atoms with Gasteiger partial charge in [-0.15, -0.1) is 0 Å². The standard InChI is InChI=1S/C16H20N2O3/c1-12(2)18-9-8-17(16(18)20)10-11-21-15-7-5-4-6-14(15)13(3)19/h4-9,12H,10-11H2,1-3H3. The zero-order valence-electron chi connectivity index (χ0n) is 12.6. The molecule has 0 fully saturated rings. The molecule has 5 nitrogen and oxygen atoms in total. The van der Waals surface area contributed by atoms with Gasteiger partial charge in [-0.25, -0.2) is 4.79 Å². The van der Waals surface area contributed by atoms with Crippen molar-refractivity contribution in [3.8, 4) is 5.75 Å². The Labute approximate surface area is 123 Å². The van der Waals surface area contributed by atoms with Gasteiger partial charge in [-0.1, -0.05) is 12.1 Å². The van der Waals surface area contributed by atoms with Crippen LogP contribution in [0.2, 0.25) is 0 Å². The van der Waals surface area contributed by atoms with Crippen LogP contribution in [-0.2, 0) is 6.54 Å². The van der Waals surface area contributed by atoms with Gasteiger partial charge in [-0.2, -0.15) is 0 Å². The van der Waals surface area contributed by atoms with E-state index in [0.717, 1.165) is 0 Å². The SMILES string of the molecule is CC(=O)c1ccccc1OCCn1ccn(C(C)C)c1=O. The second-order valence-electron chi connectivity index (χ2n) is 5.18. The van der Waals surface area contributed by atoms with Crippen molar-refractivity contribution in [3.63, 3.8) is 0 Å². The lowest BCUT2D eigenvalue weighted by molar-refractivity contribution is 0.101. The minimum absolute atomic E-state index is 0.0336. The monoisotopic (exact) mass is 288 g/mol. The molecule has 1 heterocycles. The maximum atomic E-state index is 12.0. The van der Waals surface area contributed by atoms with Crippen LogP contribution in [0.5, 0.6) is 5.75 Å². The second-order valence-corrected chi connectivity index (χ2v) is 5.18. The normalized spacial score (nSPS) is 10.9. The number of imidazole rings is 1. The Hall–Kier alpha value is -2.30. The first kappa shape index (κ1) is 15.1. The molecular formula is C16H20N2O3. The minimum atomic E-state index is -0.0477. The first-order valence-corrected chi connectivity index (χ1v) is 7.00. The van der Waals surface area contributed by atoms with Crippen molar-refractivity contribution in [2.45, 2.75) is 33.4 Å². The number of ether oxygens (including phenoxy) is 1. The second kappa shape index (κ2) is 6.43. The average molecular weight is 288 g/mol. The lowest BCUT2D eigenvalue weighted by Gasteiger charge is -2.10. The van der Waals surface area contributed by atoms with Crippen LogP contribution in [0.25, 0.3) is 0 Å². The van der Waals surface area contributed by atoms with E-state index in [2.05, 4.69) is 0 Å². The van der Waals surface area contributed by atoms with Gasteiger partial charge in [-0.05, 0) is 32.9 Å². The summed E-state index contributed by atoms with van der Waals surface area (Å²) in [6.45, 7) is 6.23. The number of carbonyl (C=O) groups is 1. The summed E-state index contributed by atoms with van der Waals surface area (Å²) in [6.07, 6.45) is 3.53. The van der Waals surface area contributed by atoms with E-state index in [0.29, 0.717) is 24.5 Å². The molecule has 1 aromatic carbocycles. The molecule has 2 aromatic rings. The lowest BCUT2D eigenvalue weighted by Crippen LogP contribution is -2.27. The first-order valence-electron chi connectivity index (χ1n) is 7.00.